The van der Waals surface area contributed by atoms with Gasteiger partial charge in [-0.2, -0.15) is 4.68 Å². The number of rotatable bonds is 1. The molecule has 5 nitrogen and oxygen atoms in total. The molecule has 0 bridgehead atoms. The summed E-state index contributed by atoms with van der Waals surface area (Å²) in [5.41, 5.74) is 1.60. The molecule has 18 heavy (non-hydrogen) atoms. The highest BCUT2D eigenvalue weighted by Crippen LogP contribution is 2.16. The largest absolute Gasteiger partial charge is 0.283 e. The molecule has 0 aliphatic carbocycles. The van der Waals surface area contributed by atoms with Crippen molar-refractivity contribution in [3.63, 3.8) is 0 Å². The number of carbonyl (C=O) groups excluding carboxylic acids is 1. The average molecular weight is 259 g/mol. The lowest BCUT2D eigenvalue weighted by Crippen LogP contribution is -2.14. The van der Waals surface area contributed by atoms with Crippen LogP contribution in [0, 0.1) is 0 Å². The third-order valence-corrected chi connectivity index (χ3v) is 2.83. The molecule has 0 amide bonds. The fourth-order valence-corrected chi connectivity index (χ4v) is 1.88. The molecule has 0 atom stereocenters. The minimum Gasteiger partial charge on any atom is -0.267 e. The maximum Gasteiger partial charge on any atom is 0.283 e. The summed E-state index contributed by atoms with van der Waals surface area (Å²) in [5.74, 6) is -0.346. The van der Waals surface area contributed by atoms with E-state index < -0.39 is 0 Å². The minimum atomic E-state index is -0.346. The summed E-state index contributed by atoms with van der Waals surface area (Å²) in [6, 6.07) is 10.5. The van der Waals surface area contributed by atoms with Crippen molar-refractivity contribution in [2.24, 2.45) is 0 Å². The minimum absolute atomic E-state index is 0.155. The Kier molecular flexibility index (Phi) is 2.53. The zero-order chi connectivity index (χ0) is 12.5. The second-order valence-corrected chi connectivity index (χ2v) is 3.99. The molecule has 0 saturated carbocycles. The van der Waals surface area contributed by atoms with Crippen molar-refractivity contribution in [3.05, 3.63) is 53.3 Å². The van der Waals surface area contributed by atoms with Crippen LogP contribution in [0.25, 0.3) is 11.0 Å². The van der Waals surface area contributed by atoms with Gasteiger partial charge in [0, 0.05) is 6.20 Å². The topological polar surface area (TPSA) is 60.7 Å². The molecule has 3 rings (SSSR count). The number of fused-ring (bicyclic) bond motifs is 1. The lowest BCUT2D eigenvalue weighted by atomic mass is 10.2. The van der Waals surface area contributed by atoms with Crippen LogP contribution in [0.1, 0.15) is 10.4 Å². The van der Waals surface area contributed by atoms with Crippen molar-refractivity contribution >= 4 is 28.5 Å². The van der Waals surface area contributed by atoms with Gasteiger partial charge in [0.2, 0.25) is 0 Å². The molecule has 6 heteroatoms. The molecule has 1 aromatic carbocycles. The van der Waals surface area contributed by atoms with Crippen molar-refractivity contribution in [1.82, 2.24) is 20.0 Å². The van der Waals surface area contributed by atoms with Gasteiger partial charge in [-0.1, -0.05) is 28.9 Å². The number of para-hydroxylation sites is 1. The molecule has 3 aromatic rings. The van der Waals surface area contributed by atoms with Gasteiger partial charge in [0.05, 0.1) is 11.1 Å². The summed E-state index contributed by atoms with van der Waals surface area (Å²) in [7, 11) is 0. The number of nitrogens with zero attached hydrogens (tertiary/aromatic N) is 4. The Balaban J connectivity index is 2.16. The van der Waals surface area contributed by atoms with Crippen LogP contribution in [0.5, 0.6) is 0 Å². The maximum absolute atomic E-state index is 12.3. The Morgan fingerprint density at radius 3 is 2.83 bits per heavy atom. The van der Waals surface area contributed by atoms with Crippen LogP contribution in [0.15, 0.2) is 42.6 Å². The highest BCUT2D eigenvalue weighted by Gasteiger charge is 2.16. The molecule has 0 N–H and O–H groups in total. The van der Waals surface area contributed by atoms with Crippen LogP contribution in [0.4, 0.5) is 0 Å². The van der Waals surface area contributed by atoms with E-state index in [1.165, 1.54) is 10.9 Å². The molecule has 0 saturated heterocycles. The smallest absolute Gasteiger partial charge is 0.267 e. The summed E-state index contributed by atoms with van der Waals surface area (Å²) in [6.45, 7) is 0. The van der Waals surface area contributed by atoms with E-state index in [-0.39, 0.29) is 11.1 Å². The molecule has 88 valence electrons. The van der Waals surface area contributed by atoms with Gasteiger partial charge in [-0.05, 0) is 24.3 Å². The number of aromatic nitrogens is 4. The molecule has 2 aromatic heterocycles. The molecule has 0 aliphatic heterocycles. The van der Waals surface area contributed by atoms with Crippen molar-refractivity contribution in [3.8, 4) is 0 Å². The first-order valence-corrected chi connectivity index (χ1v) is 5.61. The van der Waals surface area contributed by atoms with E-state index in [0.717, 1.165) is 0 Å². The first-order valence-electron chi connectivity index (χ1n) is 5.23. The number of hydrogen-bond donors (Lipinski definition) is 0. The number of pyridine rings is 1. The Morgan fingerprint density at radius 1 is 1.17 bits per heavy atom. The quantitative estimate of drug-likeness (QED) is 0.628. The molecular weight excluding hydrogens is 252 g/mol. The lowest BCUT2D eigenvalue weighted by Gasteiger charge is -2.02. The van der Waals surface area contributed by atoms with E-state index >= 15 is 0 Å². The van der Waals surface area contributed by atoms with Gasteiger partial charge in [0.1, 0.15) is 10.7 Å². The van der Waals surface area contributed by atoms with Gasteiger partial charge in [0.25, 0.3) is 5.91 Å². The summed E-state index contributed by atoms with van der Waals surface area (Å²) in [6.07, 6.45) is 1.53. The van der Waals surface area contributed by atoms with Gasteiger partial charge in [-0.3, -0.25) is 4.79 Å². The Hall–Kier alpha value is -2.27. The summed E-state index contributed by atoms with van der Waals surface area (Å²) in [5, 5.41) is 7.92. The van der Waals surface area contributed by atoms with Crippen LogP contribution in [-0.4, -0.2) is 25.9 Å². The molecule has 0 aliphatic rings. The summed E-state index contributed by atoms with van der Waals surface area (Å²) >= 11 is 5.89. The van der Waals surface area contributed by atoms with Gasteiger partial charge < -0.3 is 0 Å². The molecule has 0 fully saturated rings. The van der Waals surface area contributed by atoms with Crippen molar-refractivity contribution in [2.45, 2.75) is 0 Å². The van der Waals surface area contributed by atoms with Crippen LogP contribution < -0.4 is 0 Å². The number of hydrogen-bond acceptors (Lipinski definition) is 4. The van der Waals surface area contributed by atoms with E-state index in [1.54, 1.807) is 24.3 Å². The normalized spacial score (nSPS) is 10.7. The lowest BCUT2D eigenvalue weighted by molar-refractivity contribution is 0.0948. The fraction of sp³-hybridized carbons (Fsp3) is 0. The van der Waals surface area contributed by atoms with Crippen molar-refractivity contribution in [2.75, 3.05) is 0 Å². The van der Waals surface area contributed by atoms with Crippen LogP contribution in [0.2, 0.25) is 5.15 Å². The van der Waals surface area contributed by atoms with E-state index in [9.17, 15) is 4.79 Å². The summed E-state index contributed by atoms with van der Waals surface area (Å²) in [4.78, 5) is 16.2. The third-order valence-electron chi connectivity index (χ3n) is 2.53. The monoisotopic (exact) mass is 258 g/mol. The zero-order valence-corrected chi connectivity index (χ0v) is 9.87. The second-order valence-electron chi connectivity index (χ2n) is 3.64. The highest BCUT2D eigenvalue weighted by atomic mass is 35.5. The maximum atomic E-state index is 12.3. The average Bonchev–Trinajstić information content (AvgIpc) is 2.82. The Morgan fingerprint density at radius 2 is 2.00 bits per heavy atom. The van der Waals surface area contributed by atoms with Crippen LogP contribution in [-0.2, 0) is 0 Å². The fourth-order valence-electron chi connectivity index (χ4n) is 1.68. The van der Waals surface area contributed by atoms with Gasteiger partial charge in [-0.25, -0.2) is 4.98 Å². The molecule has 0 unspecified atom stereocenters. The predicted molar refractivity (Wildman–Crippen MR) is 66.5 cm³/mol. The van der Waals surface area contributed by atoms with Crippen molar-refractivity contribution in [1.29, 1.82) is 0 Å². The van der Waals surface area contributed by atoms with Gasteiger partial charge in [-0.15, -0.1) is 5.10 Å². The van der Waals surface area contributed by atoms with E-state index in [0.29, 0.717) is 16.6 Å². The van der Waals surface area contributed by atoms with Gasteiger partial charge in [0.15, 0.2) is 0 Å². The number of carbonyl (C=O) groups is 1. The van der Waals surface area contributed by atoms with Gasteiger partial charge >= 0.3 is 0 Å². The highest BCUT2D eigenvalue weighted by molar-refractivity contribution is 6.32. The molecular formula is C12H7ClN4O. The second kappa shape index (κ2) is 4.19. The summed E-state index contributed by atoms with van der Waals surface area (Å²) < 4.78 is 1.22. The van der Waals surface area contributed by atoms with Crippen molar-refractivity contribution < 1.29 is 4.79 Å². The third kappa shape index (κ3) is 1.65. The standard InChI is InChI=1S/C12H7ClN4O/c13-11-8(4-3-7-14-11)12(18)17-10-6-2-1-5-9(10)15-16-17/h1-7H. The number of benzene rings is 1. The Labute approximate surface area is 107 Å². The predicted octanol–water partition coefficient (Wildman–Crippen LogP) is 2.17. The van der Waals surface area contributed by atoms with E-state index in [4.69, 9.17) is 11.6 Å². The Bertz CT molecular complexity index is 738. The molecule has 0 spiro atoms. The van der Waals surface area contributed by atoms with E-state index in [1.807, 2.05) is 12.1 Å². The molecule has 2 heterocycles. The van der Waals surface area contributed by atoms with Crippen LogP contribution >= 0.6 is 11.6 Å². The number of halogens is 1. The SMILES string of the molecule is O=C(c1cccnc1Cl)n1nnc2ccccc21. The first kappa shape index (κ1) is 10.9. The molecule has 0 radical (unpaired) electrons. The van der Waals surface area contributed by atoms with E-state index in [2.05, 4.69) is 15.3 Å². The zero-order valence-electron chi connectivity index (χ0n) is 9.12. The van der Waals surface area contributed by atoms with Crippen LogP contribution in [0.3, 0.4) is 0 Å². The first-order chi connectivity index (χ1) is 8.77.